The predicted octanol–water partition coefficient (Wildman–Crippen LogP) is 4.02. The number of nitriles is 1. The highest BCUT2D eigenvalue weighted by Crippen LogP contribution is 2.36. The molecular formula is C23H23N3O3S. The average molecular weight is 422 g/mol. The van der Waals surface area contributed by atoms with Crippen molar-refractivity contribution < 1.29 is 14.3 Å². The van der Waals surface area contributed by atoms with E-state index in [2.05, 4.69) is 16.7 Å². The van der Waals surface area contributed by atoms with Crippen LogP contribution in [0, 0.1) is 25.2 Å². The summed E-state index contributed by atoms with van der Waals surface area (Å²) in [5, 5.41) is 15.8. The van der Waals surface area contributed by atoms with Gasteiger partial charge >= 0.3 is 0 Å². The molecule has 0 radical (unpaired) electrons. The normalized spacial score (nSPS) is 15.9. The van der Waals surface area contributed by atoms with E-state index in [1.54, 1.807) is 19.2 Å². The smallest absolute Gasteiger partial charge is 0.234 e. The van der Waals surface area contributed by atoms with Gasteiger partial charge in [-0.2, -0.15) is 5.26 Å². The van der Waals surface area contributed by atoms with E-state index in [1.807, 2.05) is 44.2 Å². The number of thioether (sulfide) groups is 1. The third-order valence-corrected chi connectivity index (χ3v) is 5.91. The average Bonchev–Trinajstić information content (AvgIpc) is 2.74. The Bertz CT molecular complexity index is 1040. The van der Waals surface area contributed by atoms with Gasteiger partial charge in [0, 0.05) is 18.0 Å². The molecule has 7 heteroatoms. The van der Waals surface area contributed by atoms with E-state index in [0.29, 0.717) is 16.4 Å². The van der Waals surface area contributed by atoms with Crippen LogP contribution in [0.25, 0.3) is 0 Å². The summed E-state index contributed by atoms with van der Waals surface area (Å²) in [4.78, 5) is 24.7. The molecule has 1 heterocycles. The largest absolute Gasteiger partial charge is 0.497 e. The first-order valence-corrected chi connectivity index (χ1v) is 10.5. The minimum atomic E-state index is -0.348. The minimum absolute atomic E-state index is 0.0868. The quantitative estimate of drug-likeness (QED) is 0.735. The fraction of sp³-hybridized carbons (Fsp3) is 0.261. The number of hydrogen-bond acceptors (Lipinski definition) is 5. The molecule has 1 aliphatic heterocycles. The van der Waals surface area contributed by atoms with Gasteiger partial charge in [0.15, 0.2) is 0 Å². The van der Waals surface area contributed by atoms with Crippen LogP contribution in [0.4, 0.5) is 5.69 Å². The molecule has 6 nitrogen and oxygen atoms in total. The number of rotatable bonds is 6. The Morgan fingerprint density at radius 3 is 2.67 bits per heavy atom. The van der Waals surface area contributed by atoms with Gasteiger partial charge in [-0.3, -0.25) is 9.59 Å². The van der Waals surface area contributed by atoms with E-state index in [9.17, 15) is 14.9 Å². The summed E-state index contributed by atoms with van der Waals surface area (Å²) in [5.41, 5.74) is 4.12. The molecule has 0 bridgehead atoms. The lowest BCUT2D eigenvalue weighted by molar-refractivity contribution is -0.121. The Hall–Kier alpha value is -3.24. The molecule has 0 aliphatic carbocycles. The van der Waals surface area contributed by atoms with Crippen LogP contribution in [0.2, 0.25) is 0 Å². The zero-order chi connectivity index (χ0) is 21.7. The molecule has 0 spiro atoms. The molecule has 3 rings (SSSR count). The van der Waals surface area contributed by atoms with Gasteiger partial charge in [-0.05, 0) is 48.7 Å². The van der Waals surface area contributed by atoms with E-state index >= 15 is 0 Å². The van der Waals surface area contributed by atoms with E-state index in [-0.39, 0.29) is 29.9 Å². The van der Waals surface area contributed by atoms with Gasteiger partial charge in [-0.25, -0.2) is 0 Å². The first-order chi connectivity index (χ1) is 14.4. The second-order valence-electron chi connectivity index (χ2n) is 7.09. The SMILES string of the molecule is COc1ccc([C@H]2CC(=O)NC(SCC(=O)Nc3cc(C)ccc3C)=C2C#N)cc1. The highest BCUT2D eigenvalue weighted by molar-refractivity contribution is 8.03. The van der Waals surface area contributed by atoms with Crippen LogP contribution < -0.4 is 15.4 Å². The number of benzene rings is 2. The zero-order valence-electron chi connectivity index (χ0n) is 17.1. The standard InChI is InChI=1S/C23H23N3O3S/c1-14-4-5-15(2)20(10-14)25-22(28)13-30-23-19(12-24)18(11-21(27)26-23)16-6-8-17(29-3)9-7-16/h4-10,18H,11,13H2,1-3H3,(H,25,28)(H,26,27)/t18-/m1/s1. The molecule has 2 aromatic rings. The number of anilines is 1. The number of carbonyl (C=O) groups is 2. The number of amides is 2. The zero-order valence-corrected chi connectivity index (χ0v) is 17.9. The molecule has 2 amide bonds. The van der Waals surface area contributed by atoms with E-state index in [0.717, 1.165) is 22.4 Å². The Balaban J connectivity index is 1.76. The number of nitrogens with zero attached hydrogens (tertiary/aromatic N) is 1. The molecule has 1 atom stereocenters. The molecule has 0 aromatic heterocycles. The van der Waals surface area contributed by atoms with Crippen LogP contribution in [-0.2, 0) is 9.59 Å². The van der Waals surface area contributed by atoms with E-state index in [4.69, 9.17) is 4.74 Å². The van der Waals surface area contributed by atoms with Crippen molar-refractivity contribution in [2.24, 2.45) is 0 Å². The van der Waals surface area contributed by atoms with Crippen molar-refractivity contribution in [3.8, 4) is 11.8 Å². The third kappa shape index (κ3) is 5.02. The Morgan fingerprint density at radius 1 is 1.27 bits per heavy atom. The van der Waals surface area contributed by atoms with Crippen molar-refractivity contribution in [2.45, 2.75) is 26.2 Å². The van der Waals surface area contributed by atoms with Crippen LogP contribution in [0.3, 0.4) is 0 Å². The summed E-state index contributed by atoms with van der Waals surface area (Å²) >= 11 is 1.17. The lowest BCUT2D eigenvalue weighted by Gasteiger charge is -2.25. The number of ether oxygens (including phenoxy) is 1. The van der Waals surface area contributed by atoms with Gasteiger partial charge in [-0.15, -0.1) is 0 Å². The predicted molar refractivity (Wildman–Crippen MR) is 118 cm³/mol. The second kappa shape index (κ2) is 9.51. The highest BCUT2D eigenvalue weighted by atomic mass is 32.2. The summed E-state index contributed by atoms with van der Waals surface area (Å²) in [5.74, 6) is 0.0776. The van der Waals surface area contributed by atoms with Crippen molar-refractivity contribution in [1.82, 2.24) is 5.32 Å². The maximum absolute atomic E-state index is 12.5. The van der Waals surface area contributed by atoms with Gasteiger partial charge in [0.05, 0.1) is 29.5 Å². The molecular weight excluding hydrogens is 398 g/mol. The van der Waals surface area contributed by atoms with Crippen molar-refractivity contribution >= 4 is 29.3 Å². The first-order valence-electron chi connectivity index (χ1n) is 9.49. The van der Waals surface area contributed by atoms with Crippen LogP contribution in [0.1, 0.15) is 29.0 Å². The van der Waals surface area contributed by atoms with Crippen LogP contribution in [-0.4, -0.2) is 24.7 Å². The third-order valence-electron chi connectivity index (χ3n) is 4.89. The second-order valence-corrected chi connectivity index (χ2v) is 8.07. The summed E-state index contributed by atoms with van der Waals surface area (Å²) in [7, 11) is 1.59. The molecule has 0 saturated carbocycles. The number of methoxy groups -OCH3 is 1. The maximum atomic E-state index is 12.5. The van der Waals surface area contributed by atoms with Crippen LogP contribution in [0.5, 0.6) is 5.75 Å². The molecule has 154 valence electrons. The van der Waals surface area contributed by atoms with Crippen molar-refractivity contribution in [3.63, 3.8) is 0 Å². The molecule has 30 heavy (non-hydrogen) atoms. The van der Waals surface area contributed by atoms with Gasteiger partial charge < -0.3 is 15.4 Å². The van der Waals surface area contributed by atoms with Crippen LogP contribution >= 0.6 is 11.8 Å². The molecule has 2 N–H and O–H groups in total. The minimum Gasteiger partial charge on any atom is -0.497 e. The van der Waals surface area contributed by atoms with Crippen molar-refractivity contribution in [2.75, 3.05) is 18.2 Å². The van der Waals surface area contributed by atoms with Crippen molar-refractivity contribution in [3.05, 3.63) is 69.8 Å². The number of hydrogen-bond donors (Lipinski definition) is 2. The number of allylic oxidation sites excluding steroid dienone is 1. The molecule has 1 aliphatic rings. The van der Waals surface area contributed by atoms with Gasteiger partial charge in [-0.1, -0.05) is 36.0 Å². The van der Waals surface area contributed by atoms with Gasteiger partial charge in [0.1, 0.15) is 5.75 Å². The number of nitrogens with one attached hydrogen (secondary N) is 2. The van der Waals surface area contributed by atoms with Gasteiger partial charge in [0.2, 0.25) is 11.8 Å². The first kappa shape index (κ1) is 21.5. The number of aryl methyl sites for hydroxylation is 2. The molecule has 2 aromatic carbocycles. The maximum Gasteiger partial charge on any atom is 0.234 e. The molecule has 0 saturated heterocycles. The Kier molecular flexibility index (Phi) is 6.80. The van der Waals surface area contributed by atoms with Gasteiger partial charge in [0.25, 0.3) is 0 Å². The topological polar surface area (TPSA) is 91.2 Å². The molecule has 0 unspecified atom stereocenters. The van der Waals surface area contributed by atoms with E-state index < -0.39 is 0 Å². The summed E-state index contributed by atoms with van der Waals surface area (Å²) < 4.78 is 5.18. The molecule has 0 fully saturated rings. The lowest BCUT2D eigenvalue weighted by Crippen LogP contribution is -2.31. The highest BCUT2D eigenvalue weighted by Gasteiger charge is 2.29. The Labute approximate surface area is 180 Å². The summed E-state index contributed by atoms with van der Waals surface area (Å²) in [6.07, 6.45) is 0.188. The number of carbonyl (C=O) groups excluding carboxylic acids is 2. The van der Waals surface area contributed by atoms with E-state index in [1.165, 1.54) is 11.8 Å². The summed E-state index contributed by atoms with van der Waals surface area (Å²) in [6, 6.07) is 15.4. The fourth-order valence-electron chi connectivity index (χ4n) is 3.25. The monoisotopic (exact) mass is 421 g/mol. The fourth-order valence-corrected chi connectivity index (χ4v) is 4.13. The van der Waals surface area contributed by atoms with Crippen LogP contribution in [0.15, 0.2) is 53.1 Å². The Morgan fingerprint density at radius 2 is 2.00 bits per heavy atom. The lowest BCUT2D eigenvalue weighted by atomic mass is 9.87. The van der Waals surface area contributed by atoms with Crippen molar-refractivity contribution in [1.29, 1.82) is 5.26 Å². The summed E-state index contributed by atoms with van der Waals surface area (Å²) in [6.45, 7) is 3.89.